The molecule has 1 N–H and O–H groups in total. The number of halogens is 1. The molecule has 0 bridgehead atoms. The topological polar surface area (TPSA) is 80.3 Å². The molecule has 0 saturated heterocycles. The Hall–Kier alpha value is -1.38. The van der Waals surface area contributed by atoms with E-state index in [1.807, 2.05) is 6.92 Å². The minimum atomic E-state index is -3.86. The first-order valence-corrected chi connectivity index (χ1v) is 10.4. The van der Waals surface area contributed by atoms with Crippen molar-refractivity contribution in [3.05, 3.63) is 52.5 Å². The molecule has 118 valence electrons. The van der Waals surface area contributed by atoms with Gasteiger partial charge in [0, 0.05) is 10.7 Å². The lowest BCUT2D eigenvalue weighted by atomic mass is 10.2. The largest absolute Gasteiger partial charge is 0.278 e. The number of hydrogen-bond acceptors (Lipinski definition) is 4. The molecule has 2 aromatic carbocycles. The molecule has 5 nitrogen and oxygen atoms in total. The minimum absolute atomic E-state index is 0.0197. The van der Waals surface area contributed by atoms with Crippen LogP contribution in [-0.4, -0.2) is 23.1 Å². The van der Waals surface area contributed by atoms with Crippen LogP contribution >= 0.6 is 15.9 Å². The smallest absolute Gasteiger partial charge is 0.261 e. The summed E-state index contributed by atoms with van der Waals surface area (Å²) in [5, 5.41) is 0. The van der Waals surface area contributed by atoms with Crippen LogP contribution in [0.1, 0.15) is 5.56 Å². The number of aryl methyl sites for hydroxylation is 1. The third-order valence-electron chi connectivity index (χ3n) is 2.92. The summed E-state index contributed by atoms with van der Waals surface area (Å²) in [4.78, 5) is -0.0157. The van der Waals surface area contributed by atoms with Crippen molar-refractivity contribution in [2.75, 3.05) is 11.0 Å². The lowest BCUT2D eigenvalue weighted by molar-refractivity contribution is 0.601. The number of sulfone groups is 1. The van der Waals surface area contributed by atoms with Crippen molar-refractivity contribution in [2.24, 2.45) is 0 Å². The Balaban J connectivity index is 2.49. The molecule has 0 heterocycles. The highest BCUT2D eigenvalue weighted by molar-refractivity contribution is 9.10. The van der Waals surface area contributed by atoms with Gasteiger partial charge in [0.05, 0.1) is 15.5 Å². The van der Waals surface area contributed by atoms with Crippen LogP contribution < -0.4 is 4.72 Å². The van der Waals surface area contributed by atoms with Gasteiger partial charge in [-0.15, -0.1) is 0 Å². The molecule has 22 heavy (non-hydrogen) atoms. The van der Waals surface area contributed by atoms with E-state index in [4.69, 9.17) is 0 Å². The highest BCUT2D eigenvalue weighted by atomic mass is 79.9. The van der Waals surface area contributed by atoms with Crippen LogP contribution in [0.4, 0.5) is 5.69 Å². The summed E-state index contributed by atoms with van der Waals surface area (Å²) >= 11 is 3.18. The first kappa shape index (κ1) is 17.0. The molecular formula is C14H14BrNO4S2. The van der Waals surface area contributed by atoms with Crippen molar-refractivity contribution >= 4 is 41.5 Å². The van der Waals surface area contributed by atoms with Crippen LogP contribution in [0.15, 0.2) is 56.7 Å². The fourth-order valence-electron chi connectivity index (χ4n) is 1.81. The Kier molecular flexibility index (Phi) is 4.65. The zero-order valence-corrected chi connectivity index (χ0v) is 15.1. The second kappa shape index (κ2) is 6.02. The van der Waals surface area contributed by atoms with E-state index in [1.54, 1.807) is 18.2 Å². The van der Waals surface area contributed by atoms with Crippen LogP contribution in [0, 0.1) is 6.92 Å². The van der Waals surface area contributed by atoms with Gasteiger partial charge < -0.3 is 0 Å². The molecule has 0 spiro atoms. The number of nitrogens with one attached hydrogen (secondary N) is 1. The Morgan fingerprint density at radius 1 is 0.955 bits per heavy atom. The molecule has 0 unspecified atom stereocenters. The van der Waals surface area contributed by atoms with Gasteiger partial charge in [0.25, 0.3) is 10.0 Å². The molecule has 2 aromatic rings. The average molecular weight is 404 g/mol. The van der Waals surface area contributed by atoms with Gasteiger partial charge >= 0.3 is 0 Å². The number of hydrogen-bond donors (Lipinski definition) is 1. The lowest BCUT2D eigenvalue weighted by Crippen LogP contribution is -2.15. The molecule has 0 aliphatic carbocycles. The van der Waals surface area contributed by atoms with Crippen molar-refractivity contribution in [2.45, 2.75) is 16.7 Å². The van der Waals surface area contributed by atoms with Crippen molar-refractivity contribution in [1.29, 1.82) is 0 Å². The molecule has 0 radical (unpaired) electrons. The quantitative estimate of drug-likeness (QED) is 0.850. The van der Waals surface area contributed by atoms with Crippen LogP contribution in [0.2, 0.25) is 0 Å². The van der Waals surface area contributed by atoms with Gasteiger partial charge in [-0.1, -0.05) is 33.6 Å². The molecule has 0 fully saturated rings. The van der Waals surface area contributed by atoms with Crippen LogP contribution in [0.5, 0.6) is 0 Å². The Labute approximate surface area is 138 Å². The minimum Gasteiger partial charge on any atom is -0.278 e. The number of benzene rings is 2. The summed E-state index contributed by atoms with van der Waals surface area (Å²) in [6.45, 7) is 1.85. The van der Waals surface area contributed by atoms with Crippen molar-refractivity contribution < 1.29 is 16.8 Å². The Bertz CT molecular complexity index is 904. The molecule has 0 amide bonds. The van der Waals surface area contributed by atoms with Crippen LogP contribution in [0.25, 0.3) is 0 Å². The van der Waals surface area contributed by atoms with Gasteiger partial charge in [0.2, 0.25) is 0 Å². The maximum atomic E-state index is 12.4. The van der Waals surface area contributed by atoms with Gasteiger partial charge in [-0.2, -0.15) is 0 Å². The first-order chi connectivity index (χ1) is 10.1. The first-order valence-electron chi connectivity index (χ1n) is 6.19. The Morgan fingerprint density at radius 2 is 1.55 bits per heavy atom. The highest BCUT2D eigenvalue weighted by Gasteiger charge is 2.20. The van der Waals surface area contributed by atoms with Crippen LogP contribution in [-0.2, 0) is 19.9 Å². The SMILES string of the molecule is Cc1ccc(S(=O)(=O)Nc2ccc(Br)cc2S(C)(=O)=O)cc1. The van der Waals surface area contributed by atoms with E-state index >= 15 is 0 Å². The number of sulfonamides is 1. The van der Waals surface area contributed by atoms with Crippen molar-refractivity contribution in [3.63, 3.8) is 0 Å². The molecule has 0 aromatic heterocycles. The second-order valence-corrected chi connectivity index (χ2v) is 9.41. The molecule has 0 aliphatic rings. The van der Waals surface area contributed by atoms with E-state index in [9.17, 15) is 16.8 Å². The molecule has 2 rings (SSSR count). The molecular weight excluding hydrogens is 390 g/mol. The van der Waals surface area contributed by atoms with Crippen LogP contribution in [0.3, 0.4) is 0 Å². The number of anilines is 1. The van der Waals surface area contributed by atoms with E-state index in [1.165, 1.54) is 24.3 Å². The van der Waals surface area contributed by atoms with Gasteiger partial charge in [0.1, 0.15) is 0 Å². The van der Waals surface area contributed by atoms with E-state index in [2.05, 4.69) is 20.7 Å². The van der Waals surface area contributed by atoms with Gasteiger partial charge in [-0.25, -0.2) is 16.8 Å². The maximum Gasteiger partial charge on any atom is 0.261 e. The zero-order valence-electron chi connectivity index (χ0n) is 11.9. The van der Waals surface area contributed by atoms with E-state index in [0.717, 1.165) is 11.8 Å². The summed E-state index contributed by atoms with van der Waals surface area (Å²) in [5.74, 6) is 0. The predicted molar refractivity (Wildman–Crippen MR) is 89.2 cm³/mol. The molecule has 8 heteroatoms. The zero-order chi connectivity index (χ0) is 16.5. The predicted octanol–water partition coefficient (Wildman–Crippen LogP) is 2.96. The van der Waals surface area contributed by atoms with E-state index in [-0.39, 0.29) is 15.5 Å². The Morgan fingerprint density at radius 3 is 2.09 bits per heavy atom. The molecule has 0 aliphatic heterocycles. The highest BCUT2D eigenvalue weighted by Crippen LogP contribution is 2.27. The van der Waals surface area contributed by atoms with E-state index < -0.39 is 19.9 Å². The third-order valence-corrected chi connectivity index (χ3v) is 5.93. The standard InChI is InChI=1S/C14H14BrNO4S2/c1-10-3-6-12(7-4-10)22(19,20)16-13-8-5-11(15)9-14(13)21(2,17)18/h3-9,16H,1-2H3. The summed E-state index contributed by atoms with van der Waals surface area (Å²) in [6, 6.07) is 10.6. The summed E-state index contributed by atoms with van der Waals surface area (Å²) in [5.41, 5.74) is 0.950. The average Bonchev–Trinajstić information content (AvgIpc) is 2.40. The fraction of sp³-hybridized carbons (Fsp3) is 0.143. The molecule has 0 saturated carbocycles. The summed E-state index contributed by atoms with van der Waals surface area (Å²) < 4.78 is 51.2. The van der Waals surface area contributed by atoms with Gasteiger partial charge in [-0.05, 0) is 37.3 Å². The molecule has 0 atom stereocenters. The van der Waals surface area contributed by atoms with E-state index in [0.29, 0.717) is 4.47 Å². The fourth-order valence-corrected chi connectivity index (χ4v) is 4.32. The normalized spacial score (nSPS) is 12.1. The van der Waals surface area contributed by atoms with Gasteiger partial charge in [0.15, 0.2) is 9.84 Å². The van der Waals surface area contributed by atoms with Crippen molar-refractivity contribution in [1.82, 2.24) is 0 Å². The monoisotopic (exact) mass is 403 g/mol. The lowest BCUT2D eigenvalue weighted by Gasteiger charge is -2.12. The summed E-state index contributed by atoms with van der Waals surface area (Å²) in [6.07, 6.45) is 1.03. The number of rotatable bonds is 4. The maximum absolute atomic E-state index is 12.4. The van der Waals surface area contributed by atoms with Crippen molar-refractivity contribution in [3.8, 4) is 0 Å². The summed E-state index contributed by atoms with van der Waals surface area (Å²) in [7, 11) is -7.43. The second-order valence-electron chi connectivity index (χ2n) is 4.83. The van der Waals surface area contributed by atoms with Gasteiger partial charge in [-0.3, -0.25) is 4.72 Å². The third kappa shape index (κ3) is 3.88.